The molecule has 1 N–H and O–H groups in total. The number of aromatic nitrogens is 2. The van der Waals surface area contributed by atoms with E-state index in [1.165, 1.54) is 4.68 Å². The second kappa shape index (κ2) is 8.12. The third kappa shape index (κ3) is 4.47. The van der Waals surface area contributed by atoms with Gasteiger partial charge in [0.05, 0.1) is 18.4 Å². The van der Waals surface area contributed by atoms with Gasteiger partial charge in [0.15, 0.2) is 0 Å². The van der Waals surface area contributed by atoms with E-state index >= 15 is 0 Å². The summed E-state index contributed by atoms with van der Waals surface area (Å²) in [5.74, 6) is 0. The van der Waals surface area contributed by atoms with Crippen molar-refractivity contribution < 1.29 is 0 Å². The van der Waals surface area contributed by atoms with E-state index in [0.717, 1.165) is 31.9 Å². The summed E-state index contributed by atoms with van der Waals surface area (Å²) in [6.45, 7) is 12.1. The van der Waals surface area contributed by atoms with Gasteiger partial charge < -0.3 is 10.2 Å². The molecule has 0 bridgehead atoms. The Hall–Kier alpha value is -1.14. The highest BCUT2D eigenvalue weighted by atomic mass is 79.9. The predicted octanol–water partition coefficient (Wildman–Crippen LogP) is 1.95. The van der Waals surface area contributed by atoms with Crippen LogP contribution in [0.1, 0.15) is 13.8 Å². The maximum atomic E-state index is 11.9. The number of rotatable bonds is 8. The molecule has 1 rings (SSSR count). The van der Waals surface area contributed by atoms with Crippen LogP contribution in [-0.2, 0) is 6.54 Å². The number of nitrogens with one attached hydrogen (secondary N) is 1. The van der Waals surface area contributed by atoms with E-state index in [4.69, 9.17) is 0 Å². The van der Waals surface area contributed by atoms with Crippen molar-refractivity contribution in [3.8, 4) is 0 Å². The second-order valence-corrected chi connectivity index (χ2v) is 4.89. The highest BCUT2D eigenvalue weighted by molar-refractivity contribution is 9.10. The lowest BCUT2D eigenvalue weighted by Gasteiger charge is -2.18. The zero-order valence-electron chi connectivity index (χ0n) is 11.5. The highest BCUT2D eigenvalue weighted by Gasteiger charge is 2.08. The Bertz CT molecular complexity index is 468. The van der Waals surface area contributed by atoms with Gasteiger partial charge in [0, 0.05) is 13.1 Å². The van der Waals surface area contributed by atoms with Crippen molar-refractivity contribution in [2.75, 3.05) is 31.5 Å². The summed E-state index contributed by atoms with van der Waals surface area (Å²) in [5.41, 5.74) is 0.588. The number of hydrogen-bond acceptors (Lipinski definition) is 4. The van der Waals surface area contributed by atoms with Crippen molar-refractivity contribution in [1.29, 1.82) is 0 Å². The minimum absolute atomic E-state index is 0.146. The van der Waals surface area contributed by atoms with E-state index in [1.807, 2.05) is 0 Å². The SMILES string of the molecule is C=CCn1ncc(NCCN(CC)CC)c(Br)c1=O. The number of hydrogen-bond donors (Lipinski definition) is 1. The third-order valence-electron chi connectivity index (χ3n) is 2.92. The van der Waals surface area contributed by atoms with Gasteiger partial charge in [-0.2, -0.15) is 5.10 Å². The van der Waals surface area contributed by atoms with Gasteiger partial charge in [0.2, 0.25) is 0 Å². The standard InChI is InChI=1S/C13H21BrN4O/c1-4-8-18-13(19)12(14)11(10-16-18)15-7-9-17(5-2)6-3/h4,10,15H,1,5-9H2,2-3H3. The predicted molar refractivity (Wildman–Crippen MR) is 82.7 cm³/mol. The number of anilines is 1. The van der Waals surface area contributed by atoms with E-state index in [0.29, 0.717) is 11.0 Å². The van der Waals surface area contributed by atoms with Crippen molar-refractivity contribution in [2.24, 2.45) is 0 Å². The zero-order chi connectivity index (χ0) is 14.3. The van der Waals surface area contributed by atoms with Crippen molar-refractivity contribution in [3.63, 3.8) is 0 Å². The van der Waals surface area contributed by atoms with Crippen LogP contribution in [0.2, 0.25) is 0 Å². The molecule has 0 saturated heterocycles. The molecule has 0 saturated carbocycles. The first-order valence-corrected chi connectivity index (χ1v) is 7.26. The van der Waals surface area contributed by atoms with E-state index < -0.39 is 0 Å². The van der Waals surface area contributed by atoms with Gasteiger partial charge in [-0.3, -0.25) is 4.79 Å². The smallest absolute Gasteiger partial charge is 0.283 e. The molecule has 0 fully saturated rings. The number of allylic oxidation sites excluding steroid dienone is 1. The van der Waals surface area contributed by atoms with Gasteiger partial charge in [-0.25, -0.2) is 4.68 Å². The van der Waals surface area contributed by atoms with Crippen LogP contribution in [0.15, 0.2) is 28.1 Å². The highest BCUT2D eigenvalue weighted by Crippen LogP contribution is 2.15. The van der Waals surface area contributed by atoms with Gasteiger partial charge >= 0.3 is 0 Å². The van der Waals surface area contributed by atoms with Crippen molar-refractivity contribution in [3.05, 3.63) is 33.7 Å². The van der Waals surface area contributed by atoms with Crippen LogP contribution in [0.5, 0.6) is 0 Å². The quantitative estimate of drug-likeness (QED) is 0.741. The van der Waals surface area contributed by atoms with Crippen LogP contribution in [0.3, 0.4) is 0 Å². The Balaban J connectivity index is 2.67. The van der Waals surface area contributed by atoms with E-state index in [1.54, 1.807) is 12.3 Å². The molecular formula is C13H21BrN4O. The molecule has 0 amide bonds. The van der Waals surface area contributed by atoms with Gasteiger partial charge in [0.1, 0.15) is 4.47 Å². The molecule has 19 heavy (non-hydrogen) atoms. The Morgan fingerprint density at radius 3 is 2.79 bits per heavy atom. The summed E-state index contributed by atoms with van der Waals surface area (Å²) in [6, 6.07) is 0. The summed E-state index contributed by atoms with van der Waals surface area (Å²) in [4.78, 5) is 14.3. The minimum atomic E-state index is -0.146. The Morgan fingerprint density at radius 1 is 1.53 bits per heavy atom. The molecule has 1 aromatic rings. The number of likely N-dealkylation sites (N-methyl/N-ethyl adjacent to an activating group) is 1. The minimum Gasteiger partial charge on any atom is -0.381 e. The first kappa shape index (κ1) is 15.9. The molecule has 1 aromatic heterocycles. The van der Waals surface area contributed by atoms with Crippen molar-refractivity contribution in [2.45, 2.75) is 20.4 Å². The lowest BCUT2D eigenvalue weighted by atomic mass is 10.4. The molecule has 0 aliphatic rings. The number of nitrogens with zero attached hydrogens (tertiary/aromatic N) is 3. The fourth-order valence-corrected chi connectivity index (χ4v) is 2.18. The summed E-state index contributed by atoms with van der Waals surface area (Å²) < 4.78 is 1.89. The van der Waals surface area contributed by atoms with Crippen LogP contribution in [0, 0.1) is 0 Å². The van der Waals surface area contributed by atoms with Crippen LogP contribution in [0.25, 0.3) is 0 Å². The largest absolute Gasteiger partial charge is 0.381 e. The summed E-state index contributed by atoms with van der Waals surface area (Å²) in [7, 11) is 0. The van der Waals surface area contributed by atoms with E-state index in [-0.39, 0.29) is 5.56 Å². The molecule has 0 unspecified atom stereocenters. The van der Waals surface area contributed by atoms with Crippen LogP contribution >= 0.6 is 15.9 Å². The molecule has 106 valence electrons. The first-order valence-electron chi connectivity index (χ1n) is 6.46. The molecule has 0 atom stereocenters. The summed E-state index contributed by atoms with van der Waals surface area (Å²) in [5, 5.41) is 7.33. The van der Waals surface area contributed by atoms with Crippen LogP contribution < -0.4 is 10.9 Å². The van der Waals surface area contributed by atoms with Crippen molar-refractivity contribution in [1.82, 2.24) is 14.7 Å². The summed E-state index contributed by atoms with van der Waals surface area (Å²) >= 11 is 3.32. The average Bonchev–Trinajstić information content (AvgIpc) is 2.42. The maximum Gasteiger partial charge on any atom is 0.283 e. The maximum absolute atomic E-state index is 11.9. The average molecular weight is 329 g/mol. The topological polar surface area (TPSA) is 50.2 Å². The zero-order valence-corrected chi connectivity index (χ0v) is 13.1. The normalized spacial score (nSPS) is 10.7. The van der Waals surface area contributed by atoms with Crippen molar-refractivity contribution >= 4 is 21.6 Å². The Kier molecular flexibility index (Phi) is 6.80. The Labute approximate surface area is 122 Å². The van der Waals surface area contributed by atoms with Crippen LogP contribution in [0.4, 0.5) is 5.69 Å². The van der Waals surface area contributed by atoms with Gasteiger partial charge in [-0.05, 0) is 29.0 Å². The monoisotopic (exact) mass is 328 g/mol. The molecular weight excluding hydrogens is 308 g/mol. The van der Waals surface area contributed by atoms with E-state index in [9.17, 15) is 4.79 Å². The first-order chi connectivity index (χ1) is 9.13. The van der Waals surface area contributed by atoms with Crippen LogP contribution in [-0.4, -0.2) is 40.9 Å². The lowest BCUT2D eigenvalue weighted by molar-refractivity contribution is 0.316. The second-order valence-electron chi connectivity index (χ2n) is 4.10. The molecule has 0 aliphatic heterocycles. The molecule has 0 aromatic carbocycles. The molecule has 0 spiro atoms. The fraction of sp³-hybridized carbons (Fsp3) is 0.538. The third-order valence-corrected chi connectivity index (χ3v) is 3.69. The molecule has 5 nitrogen and oxygen atoms in total. The summed E-state index contributed by atoms with van der Waals surface area (Å²) in [6.07, 6.45) is 3.31. The molecule has 6 heteroatoms. The fourth-order valence-electron chi connectivity index (χ4n) is 1.73. The number of halogens is 1. The van der Waals surface area contributed by atoms with Gasteiger partial charge in [-0.15, -0.1) is 6.58 Å². The van der Waals surface area contributed by atoms with Gasteiger partial charge in [-0.1, -0.05) is 19.9 Å². The Morgan fingerprint density at radius 2 is 2.21 bits per heavy atom. The van der Waals surface area contributed by atoms with E-state index in [2.05, 4.69) is 51.7 Å². The lowest BCUT2D eigenvalue weighted by Crippen LogP contribution is -2.29. The molecule has 0 radical (unpaired) electrons. The molecule has 1 heterocycles. The van der Waals surface area contributed by atoms with Gasteiger partial charge in [0.25, 0.3) is 5.56 Å². The molecule has 0 aliphatic carbocycles.